The zero-order chi connectivity index (χ0) is 23.2. The lowest BCUT2D eigenvalue weighted by atomic mass is 9.88. The van der Waals surface area contributed by atoms with Crippen LogP contribution < -0.4 is 0 Å². The molecule has 0 N–H and O–H groups in total. The Morgan fingerprint density at radius 2 is 0.933 bits per heavy atom. The fraction of sp³-hybridized carbons (Fsp3) is 0.833. The number of ether oxygens (including phenoxy) is 6. The largest absolute Gasteiger partial charge is 0.435 e. The van der Waals surface area contributed by atoms with Crippen molar-refractivity contribution in [1.82, 2.24) is 0 Å². The third-order valence-electron chi connectivity index (χ3n) is 3.90. The standard InChI is InChI=1S/C18H32O9S3/c1-5-18(9-22-12(2)25-15(19)6-28,10-23-13(3)26-16(20)7-29)11-24-14(4)27-17(21)8-30/h12-14,28-30H,5-11H2,1-4H3. The highest BCUT2D eigenvalue weighted by Crippen LogP contribution is 2.26. The van der Waals surface area contributed by atoms with Crippen LogP contribution in [0.25, 0.3) is 0 Å². The molecule has 3 atom stereocenters. The lowest BCUT2D eigenvalue weighted by molar-refractivity contribution is -0.211. The summed E-state index contributed by atoms with van der Waals surface area (Å²) in [6, 6.07) is 0. The van der Waals surface area contributed by atoms with E-state index in [0.29, 0.717) is 6.42 Å². The first-order chi connectivity index (χ1) is 14.1. The molecule has 9 nitrogen and oxygen atoms in total. The van der Waals surface area contributed by atoms with E-state index in [0.717, 1.165) is 0 Å². The van der Waals surface area contributed by atoms with E-state index in [1.807, 2.05) is 6.92 Å². The third-order valence-corrected chi connectivity index (χ3v) is 4.68. The van der Waals surface area contributed by atoms with Crippen LogP contribution in [0.4, 0.5) is 0 Å². The number of carbonyl (C=O) groups excluding carboxylic acids is 3. The second-order valence-electron chi connectivity index (χ2n) is 6.43. The third kappa shape index (κ3) is 12.9. The Morgan fingerprint density at radius 3 is 1.13 bits per heavy atom. The Labute approximate surface area is 194 Å². The summed E-state index contributed by atoms with van der Waals surface area (Å²) in [6.45, 7) is 6.95. The van der Waals surface area contributed by atoms with Gasteiger partial charge in [-0.25, -0.2) is 0 Å². The molecule has 0 amide bonds. The molecule has 0 bridgehead atoms. The van der Waals surface area contributed by atoms with Crippen LogP contribution in [0.15, 0.2) is 0 Å². The topological polar surface area (TPSA) is 107 Å². The molecule has 30 heavy (non-hydrogen) atoms. The molecule has 0 radical (unpaired) electrons. The van der Waals surface area contributed by atoms with Crippen molar-refractivity contribution in [2.75, 3.05) is 37.1 Å². The van der Waals surface area contributed by atoms with Crippen molar-refractivity contribution in [3.8, 4) is 0 Å². The van der Waals surface area contributed by atoms with Crippen molar-refractivity contribution in [3.63, 3.8) is 0 Å². The summed E-state index contributed by atoms with van der Waals surface area (Å²) in [5.74, 6) is -1.75. The average Bonchev–Trinajstić information content (AvgIpc) is 2.73. The lowest BCUT2D eigenvalue weighted by Crippen LogP contribution is -2.41. The van der Waals surface area contributed by atoms with Gasteiger partial charge in [0.25, 0.3) is 0 Å². The first kappa shape index (κ1) is 29.3. The number of esters is 3. The van der Waals surface area contributed by atoms with E-state index in [-0.39, 0.29) is 37.1 Å². The van der Waals surface area contributed by atoms with Crippen LogP contribution in [0.5, 0.6) is 0 Å². The summed E-state index contributed by atoms with van der Waals surface area (Å²) in [5.41, 5.74) is -0.703. The molecule has 12 heteroatoms. The normalized spacial score (nSPS) is 16.1. The molecular weight excluding hydrogens is 456 g/mol. The molecule has 0 aliphatic rings. The molecule has 0 saturated heterocycles. The van der Waals surface area contributed by atoms with Crippen LogP contribution in [-0.2, 0) is 42.8 Å². The second kappa shape index (κ2) is 16.0. The van der Waals surface area contributed by atoms with Gasteiger partial charge in [-0.15, -0.1) is 0 Å². The van der Waals surface area contributed by atoms with E-state index in [4.69, 9.17) is 28.4 Å². The summed E-state index contributed by atoms with van der Waals surface area (Å²) in [4.78, 5) is 34.1. The maximum absolute atomic E-state index is 11.4. The zero-order valence-electron chi connectivity index (χ0n) is 17.7. The number of hydrogen-bond donors (Lipinski definition) is 3. The predicted octanol–water partition coefficient (Wildman–Crippen LogP) is 1.89. The SMILES string of the molecule is CCC(COC(C)OC(=O)CS)(COC(C)OC(=O)CS)COC(C)OC(=O)CS. The van der Waals surface area contributed by atoms with E-state index in [9.17, 15) is 14.4 Å². The molecule has 0 rings (SSSR count). The minimum Gasteiger partial charge on any atom is -0.435 e. The van der Waals surface area contributed by atoms with Crippen molar-refractivity contribution in [2.45, 2.75) is 53.0 Å². The van der Waals surface area contributed by atoms with Gasteiger partial charge in [-0.2, -0.15) is 37.9 Å². The minimum atomic E-state index is -0.811. The molecule has 0 aromatic carbocycles. The van der Waals surface area contributed by atoms with E-state index >= 15 is 0 Å². The Bertz CT molecular complexity index is 464. The highest BCUT2D eigenvalue weighted by atomic mass is 32.1. The smallest absolute Gasteiger partial charge is 0.317 e. The molecule has 0 fully saturated rings. The van der Waals surface area contributed by atoms with Crippen molar-refractivity contribution < 1.29 is 42.8 Å². The van der Waals surface area contributed by atoms with Gasteiger partial charge in [0.2, 0.25) is 0 Å². The summed E-state index contributed by atoms with van der Waals surface area (Å²) in [5, 5.41) is 0. The van der Waals surface area contributed by atoms with Crippen LogP contribution in [-0.4, -0.2) is 73.9 Å². The average molecular weight is 489 g/mol. The number of carbonyl (C=O) groups is 3. The van der Waals surface area contributed by atoms with Gasteiger partial charge < -0.3 is 28.4 Å². The summed E-state index contributed by atoms with van der Waals surface area (Å²) in [7, 11) is 0. The maximum atomic E-state index is 11.4. The highest BCUT2D eigenvalue weighted by molar-refractivity contribution is 7.81. The number of thiol groups is 3. The monoisotopic (exact) mass is 488 g/mol. The van der Waals surface area contributed by atoms with Crippen LogP contribution in [0.1, 0.15) is 34.1 Å². The summed E-state index contributed by atoms with van der Waals surface area (Å²) >= 11 is 11.6. The molecule has 3 unspecified atom stereocenters. The fourth-order valence-corrected chi connectivity index (χ4v) is 2.31. The van der Waals surface area contributed by atoms with Crippen molar-refractivity contribution in [2.24, 2.45) is 5.41 Å². The van der Waals surface area contributed by atoms with Gasteiger partial charge in [-0.1, -0.05) is 6.92 Å². The molecule has 0 aromatic heterocycles. The molecule has 0 spiro atoms. The first-order valence-electron chi connectivity index (χ1n) is 9.37. The van der Waals surface area contributed by atoms with E-state index < -0.39 is 42.2 Å². The van der Waals surface area contributed by atoms with Crippen LogP contribution in [0.2, 0.25) is 0 Å². The number of hydrogen-bond acceptors (Lipinski definition) is 12. The Morgan fingerprint density at radius 1 is 0.667 bits per heavy atom. The Balaban J connectivity index is 5.05. The van der Waals surface area contributed by atoms with E-state index in [1.54, 1.807) is 20.8 Å². The molecular formula is C18H32O9S3. The van der Waals surface area contributed by atoms with Gasteiger partial charge in [0.05, 0.1) is 37.1 Å². The minimum absolute atomic E-state index is 0.0686. The highest BCUT2D eigenvalue weighted by Gasteiger charge is 2.33. The molecule has 0 heterocycles. The molecule has 176 valence electrons. The quantitative estimate of drug-likeness (QED) is 0.130. The van der Waals surface area contributed by atoms with Crippen LogP contribution >= 0.6 is 37.9 Å². The molecule has 0 saturated carbocycles. The van der Waals surface area contributed by atoms with Gasteiger partial charge >= 0.3 is 17.9 Å². The van der Waals surface area contributed by atoms with Crippen LogP contribution in [0, 0.1) is 5.41 Å². The van der Waals surface area contributed by atoms with Crippen molar-refractivity contribution in [1.29, 1.82) is 0 Å². The fourth-order valence-electron chi connectivity index (χ4n) is 2.08. The molecule has 0 aromatic rings. The van der Waals surface area contributed by atoms with Crippen LogP contribution in [0.3, 0.4) is 0 Å². The van der Waals surface area contributed by atoms with Gasteiger partial charge in [0.15, 0.2) is 18.9 Å². The van der Waals surface area contributed by atoms with E-state index in [1.165, 1.54) is 0 Å². The summed E-state index contributed by atoms with van der Waals surface area (Å²) in [6.07, 6.45) is -1.89. The van der Waals surface area contributed by atoms with Crippen molar-refractivity contribution >= 4 is 55.8 Å². The van der Waals surface area contributed by atoms with Gasteiger partial charge in [0.1, 0.15) is 0 Å². The molecule has 0 aliphatic heterocycles. The number of rotatable bonds is 16. The van der Waals surface area contributed by atoms with Gasteiger partial charge in [0, 0.05) is 5.41 Å². The first-order valence-corrected chi connectivity index (χ1v) is 11.3. The lowest BCUT2D eigenvalue weighted by Gasteiger charge is -2.34. The van der Waals surface area contributed by atoms with E-state index in [2.05, 4.69) is 37.9 Å². The molecule has 0 aliphatic carbocycles. The predicted molar refractivity (Wildman–Crippen MR) is 119 cm³/mol. The van der Waals surface area contributed by atoms with Crippen molar-refractivity contribution in [3.05, 3.63) is 0 Å². The Hall–Kier alpha value is -0.660. The summed E-state index contributed by atoms with van der Waals surface area (Å²) < 4.78 is 32.1. The van der Waals surface area contributed by atoms with Gasteiger partial charge in [-0.3, -0.25) is 14.4 Å². The maximum Gasteiger partial charge on any atom is 0.317 e. The Kier molecular flexibility index (Phi) is 15.7. The van der Waals surface area contributed by atoms with Gasteiger partial charge in [-0.05, 0) is 27.2 Å². The zero-order valence-corrected chi connectivity index (χ0v) is 20.4. The second-order valence-corrected chi connectivity index (χ2v) is 7.38.